The van der Waals surface area contributed by atoms with Gasteiger partial charge in [0.15, 0.2) is 0 Å². The number of pyridine rings is 1. The van der Waals surface area contributed by atoms with Crippen LogP contribution < -0.4 is 15.6 Å². The molecule has 4 N–H and O–H groups in total. The number of hydrogen-bond acceptors (Lipinski definition) is 9. The fraction of sp³-hybridized carbons (Fsp3) is 0.696. The fourth-order valence-electron chi connectivity index (χ4n) is 3.18. The van der Waals surface area contributed by atoms with Gasteiger partial charge in [0, 0.05) is 68.7 Å². The average molecular weight is 481 g/mol. The SMILES string of the molecule is CCCCCO.COC(C)(C)CNSN1CCC(Nc2ncc3cc(C)c(=O)[nH]c3n2)CC1. The molecule has 3 rings (SSSR count). The number of methoxy groups -OCH3 is 1. The van der Waals surface area contributed by atoms with Crippen LogP contribution in [-0.4, -0.2) is 69.4 Å². The van der Waals surface area contributed by atoms with E-state index in [1.165, 1.54) is 6.42 Å². The van der Waals surface area contributed by atoms with Crippen LogP contribution in [0.4, 0.5) is 5.95 Å². The first-order valence-electron chi connectivity index (χ1n) is 11.7. The first-order valence-corrected chi connectivity index (χ1v) is 12.5. The van der Waals surface area contributed by atoms with E-state index in [4.69, 9.17) is 9.84 Å². The molecule has 10 heteroatoms. The number of nitrogens with one attached hydrogen (secondary N) is 3. The molecule has 0 amide bonds. The zero-order chi connectivity index (χ0) is 24.3. The van der Waals surface area contributed by atoms with E-state index in [9.17, 15) is 4.79 Å². The van der Waals surface area contributed by atoms with Crippen molar-refractivity contribution < 1.29 is 9.84 Å². The summed E-state index contributed by atoms with van der Waals surface area (Å²) in [6.45, 7) is 11.1. The Labute approximate surface area is 201 Å². The highest BCUT2D eigenvalue weighted by atomic mass is 32.2. The fourth-order valence-corrected chi connectivity index (χ4v) is 4.16. The second-order valence-corrected chi connectivity index (χ2v) is 9.92. The lowest BCUT2D eigenvalue weighted by atomic mass is 10.1. The summed E-state index contributed by atoms with van der Waals surface area (Å²) < 4.78 is 11.1. The number of fused-ring (bicyclic) bond motifs is 1. The largest absolute Gasteiger partial charge is 0.396 e. The third kappa shape index (κ3) is 9.58. The Morgan fingerprint density at radius 2 is 2.06 bits per heavy atom. The topological polar surface area (TPSA) is 115 Å². The van der Waals surface area contributed by atoms with E-state index in [1.807, 2.05) is 6.07 Å². The normalized spacial score (nSPS) is 15.3. The Morgan fingerprint density at radius 1 is 1.33 bits per heavy atom. The molecule has 0 saturated carbocycles. The third-order valence-electron chi connectivity index (χ3n) is 5.57. The Balaban J connectivity index is 0.000000569. The summed E-state index contributed by atoms with van der Waals surface area (Å²) in [5, 5.41) is 12.4. The van der Waals surface area contributed by atoms with Crippen LogP contribution in [0.5, 0.6) is 0 Å². The molecule has 0 aromatic carbocycles. The molecule has 0 bridgehead atoms. The van der Waals surface area contributed by atoms with Gasteiger partial charge >= 0.3 is 0 Å². The molecule has 2 aromatic heterocycles. The number of aliphatic hydroxyl groups excluding tert-OH is 1. The summed E-state index contributed by atoms with van der Waals surface area (Å²) in [5.74, 6) is 0.563. The average Bonchev–Trinajstić information content (AvgIpc) is 2.80. The van der Waals surface area contributed by atoms with Crippen molar-refractivity contribution in [2.24, 2.45) is 0 Å². The number of hydrogen-bond donors (Lipinski definition) is 4. The lowest BCUT2D eigenvalue weighted by Gasteiger charge is -2.32. The zero-order valence-electron chi connectivity index (χ0n) is 20.6. The second-order valence-electron chi connectivity index (χ2n) is 8.93. The molecular weight excluding hydrogens is 440 g/mol. The third-order valence-corrected chi connectivity index (χ3v) is 6.47. The number of aromatic amines is 1. The van der Waals surface area contributed by atoms with E-state index in [0.717, 1.165) is 50.7 Å². The van der Waals surface area contributed by atoms with Crippen molar-refractivity contribution in [2.45, 2.75) is 71.4 Å². The van der Waals surface area contributed by atoms with Gasteiger partial charge in [0.2, 0.25) is 5.95 Å². The number of aryl methyl sites for hydroxylation is 1. The molecule has 0 atom stereocenters. The Kier molecular flexibility index (Phi) is 11.6. The highest BCUT2D eigenvalue weighted by molar-refractivity contribution is 7.95. The van der Waals surface area contributed by atoms with Gasteiger partial charge in [-0.15, -0.1) is 0 Å². The maximum atomic E-state index is 11.8. The predicted octanol–water partition coefficient (Wildman–Crippen LogP) is 3.25. The Hall–Kier alpha value is -1.72. The van der Waals surface area contributed by atoms with E-state index in [0.29, 0.717) is 29.8 Å². The summed E-state index contributed by atoms with van der Waals surface area (Å²) in [6, 6.07) is 2.14. The predicted molar refractivity (Wildman–Crippen MR) is 136 cm³/mol. The molecule has 9 nitrogen and oxygen atoms in total. The number of aliphatic hydroxyl groups is 1. The van der Waals surface area contributed by atoms with Crippen LogP contribution in [-0.2, 0) is 4.74 Å². The summed E-state index contributed by atoms with van der Waals surface area (Å²) >= 11 is 1.66. The first-order chi connectivity index (χ1) is 15.8. The minimum absolute atomic E-state index is 0.110. The summed E-state index contributed by atoms with van der Waals surface area (Å²) in [7, 11) is 1.73. The van der Waals surface area contributed by atoms with E-state index in [-0.39, 0.29) is 11.2 Å². The van der Waals surface area contributed by atoms with Crippen LogP contribution in [0.2, 0.25) is 0 Å². The number of ether oxygens (including phenoxy) is 1. The molecule has 0 unspecified atom stereocenters. The van der Waals surface area contributed by atoms with Crippen LogP contribution in [0.25, 0.3) is 11.0 Å². The summed E-state index contributed by atoms with van der Waals surface area (Å²) in [5.41, 5.74) is 0.960. The van der Waals surface area contributed by atoms with Crippen molar-refractivity contribution in [1.82, 2.24) is 24.0 Å². The monoisotopic (exact) mass is 480 g/mol. The zero-order valence-corrected chi connectivity index (χ0v) is 21.4. The molecule has 0 aliphatic carbocycles. The number of anilines is 1. The Bertz CT molecular complexity index is 895. The minimum atomic E-state index is -0.167. The molecule has 1 saturated heterocycles. The van der Waals surface area contributed by atoms with Crippen LogP contribution in [0, 0.1) is 6.92 Å². The lowest BCUT2D eigenvalue weighted by molar-refractivity contribution is 0.0280. The first kappa shape index (κ1) is 27.5. The van der Waals surface area contributed by atoms with Gasteiger partial charge in [0.1, 0.15) is 5.65 Å². The van der Waals surface area contributed by atoms with Gasteiger partial charge < -0.3 is 20.1 Å². The summed E-state index contributed by atoms with van der Waals surface area (Å²) in [4.78, 5) is 23.4. The van der Waals surface area contributed by atoms with Crippen molar-refractivity contribution >= 4 is 29.1 Å². The maximum Gasteiger partial charge on any atom is 0.252 e. The second kappa shape index (κ2) is 13.9. The number of H-pyrrole nitrogens is 1. The minimum Gasteiger partial charge on any atom is -0.396 e. The molecule has 0 spiro atoms. The lowest BCUT2D eigenvalue weighted by Crippen LogP contribution is -2.40. The molecule has 1 aliphatic rings. The van der Waals surface area contributed by atoms with Crippen molar-refractivity contribution in [3.63, 3.8) is 0 Å². The molecular formula is C23H40N6O3S. The standard InChI is InChI=1S/C18H28N6O2S.C5H12O/c1-12-9-13-10-19-17(23-15(13)22-16(12)25)21-14-5-7-24(8-6-14)27-20-11-18(2,3)26-4;1-2-3-4-5-6/h9-10,14,20H,5-8,11H2,1-4H3,(H2,19,21,22,23,25);6H,2-5H2,1H3. The van der Waals surface area contributed by atoms with E-state index in [1.54, 1.807) is 32.4 Å². The number of nitrogens with zero attached hydrogens (tertiary/aromatic N) is 3. The maximum absolute atomic E-state index is 11.8. The van der Waals surface area contributed by atoms with Gasteiger partial charge in [0.25, 0.3) is 5.56 Å². The number of rotatable bonds is 10. The van der Waals surface area contributed by atoms with Crippen molar-refractivity contribution in [1.29, 1.82) is 0 Å². The molecule has 186 valence electrons. The number of aromatic nitrogens is 3. The number of piperidine rings is 1. The van der Waals surface area contributed by atoms with Crippen molar-refractivity contribution in [2.75, 3.05) is 38.7 Å². The van der Waals surface area contributed by atoms with Gasteiger partial charge in [0.05, 0.1) is 5.60 Å². The highest BCUT2D eigenvalue weighted by Crippen LogP contribution is 2.20. The van der Waals surface area contributed by atoms with E-state index >= 15 is 0 Å². The van der Waals surface area contributed by atoms with E-state index < -0.39 is 0 Å². The van der Waals surface area contributed by atoms with Crippen LogP contribution in [0.3, 0.4) is 0 Å². The van der Waals surface area contributed by atoms with Gasteiger partial charge in [-0.2, -0.15) is 4.98 Å². The highest BCUT2D eigenvalue weighted by Gasteiger charge is 2.22. The molecule has 3 heterocycles. The van der Waals surface area contributed by atoms with E-state index in [2.05, 4.69) is 50.1 Å². The number of unbranched alkanes of at least 4 members (excludes halogenated alkanes) is 2. The molecule has 1 aliphatic heterocycles. The van der Waals surface area contributed by atoms with Crippen LogP contribution >= 0.6 is 12.1 Å². The van der Waals surface area contributed by atoms with Crippen LogP contribution in [0.1, 0.15) is 58.4 Å². The Morgan fingerprint density at radius 3 is 2.67 bits per heavy atom. The van der Waals surface area contributed by atoms with Crippen molar-refractivity contribution in [3.05, 3.63) is 28.2 Å². The van der Waals surface area contributed by atoms with Crippen LogP contribution in [0.15, 0.2) is 17.1 Å². The van der Waals surface area contributed by atoms with Crippen molar-refractivity contribution in [3.8, 4) is 0 Å². The van der Waals surface area contributed by atoms with Gasteiger partial charge in [-0.3, -0.25) is 4.79 Å². The summed E-state index contributed by atoms with van der Waals surface area (Å²) in [6.07, 6.45) is 7.09. The molecule has 33 heavy (non-hydrogen) atoms. The van der Waals surface area contributed by atoms with Gasteiger partial charge in [-0.1, -0.05) is 19.8 Å². The van der Waals surface area contributed by atoms with Gasteiger partial charge in [-0.05, 0) is 46.1 Å². The smallest absolute Gasteiger partial charge is 0.252 e. The molecule has 1 fully saturated rings. The quantitative estimate of drug-likeness (QED) is 0.300. The molecule has 0 radical (unpaired) electrons. The van der Waals surface area contributed by atoms with Gasteiger partial charge in [-0.25, -0.2) is 14.0 Å². The molecule has 2 aromatic rings.